The van der Waals surface area contributed by atoms with Crippen LogP contribution >= 0.6 is 0 Å². The Labute approximate surface area is 201 Å². The third-order valence-electron chi connectivity index (χ3n) is 7.00. The molecule has 34 heavy (non-hydrogen) atoms. The minimum atomic E-state index is -0.133. The second kappa shape index (κ2) is 8.07. The van der Waals surface area contributed by atoms with Crippen molar-refractivity contribution >= 4 is 16.9 Å². The first-order chi connectivity index (χ1) is 16.6. The fourth-order valence-electron chi connectivity index (χ4n) is 5.10. The number of fused-ring (bicyclic) bond motifs is 3. The zero-order chi connectivity index (χ0) is 23.1. The highest BCUT2D eigenvalue weighted by atomic mass is 16.5. The number of allylic oxidation sites excluding steroid dienone is 4. The van der Waals surface area contributed by atoms with Crippen LogP contribution in [0.2, 0.25) is 0 Å². The van der Waals surface area contributed by atoms with Crippen molar-refractivity contribution in [2.75, 3.05) is 5.32 Å². The fourth-order valence-corrected chi connectivity index (χ4v) is 5.10. The molecule has 1 atom stereocenters. The number of anilines is 2. The zero-order valence-corrected chi connectivity index (χ0v) is 19.5. The number of hydrogen-bond donors (Lipinski definition) is 1. The summed E-state index contributed by atoms with van der Waals surface area (Å²) in [6.07, 6.45) is 5.45. The third-order valence-corrected chi connectivity index (χ3v) is 7.00. The van der Waals surface area contributed by atoms with Crippen molar-refractivity contribution in [2.24, 2.45) is 0 Å². The molecule has 1 heterocycles. The molecule has 1 unspecified atom stereocenters. The number of aryl methyl sites for hydroxylation is 1. The van der Waals surface area contributed by atoms with Gasteiger partial charge in [-0.2, -0.15) is 0 Å². The third kappa shape index (κ3) is 3.43. The van der Waals surface area contributed by atoms with Gasteiger partial charge in [0.2, 0.25) is 0 Å². The van der Waals surface area contributed by atoms with Crippen molar-refractivity contribution in [3.63, 3.8) is 0 Å². The van der Waals surface area contributed by atoms with E-state index in [1.807, 2.05) is 6.07 Å². The van der Waals surface area contributed by atoms with E-state index in [-0.39, 0.29) is 5.41 Å². The van der Waals surface area contributed by atoms with Gasteiger partial charge in [-0.3, -0.25) is 0 Å². The number of nitrogens with one attached hydrogen (secondary N) is 1. The lowest BCUT2D eigenvalue weighted by Gasteiger charge is -2.28. The van der Waals surface area contributed by atoms with Gasteiger partial charge in [-0.1, -0.05) is 84.4 Å². The number of para-hydroxylation sites is 1. The summed E-state index contributed by atoms with van der Waals surface area (Å²) in [7, 11) is 0. The highest BCUT2D eigenvalue weighted by Gasteiger charge is 2.43. The maximum absolute atomic E-state index is 6.48. The first-order valence-corrected chi connectivity index (χ1v) is 11.8. The van der Waals surface area contributed by atoms with Crippen molar-refractivity contribution < 1.29 is 4.74 Å². The molecule has 0 aromatic heterocycles. The SMILES string of the molecule is Cc1ccc(Nc2ccc(C3=C4Oc5ccccc5C4(C)CC=C3)cc2-c2ccccc2)cc1. The van der Waals surface area contributed by atoms with E-state index in [1.54, 1.807) is 0 Å². The Bertz CT molecular complexity index is 1430. The van der Waals surface area contributed by atoms with E-state index in [9.17, 15) is 0 Å². The Hall–Kier alpha value is -4.04. The van der Waals surface area contributed by atoms with E-state index in [4.69, 9.17) is 4.74 Å². The molecule has 0 amide bonds. The number of benzene rings is 4. The van der Waals surface area contributed by atoms with Crippen molar-refractivity contribution in [3.8, 4) is 16.9 Å². The average Bonchev–Trinajstić information content (AvgIpc) is 3.19. The molecule has 4 aromatic rings. The van der Waals surface area contributed by atoms with Gasteiger partial charge in [-0.05, 0) is 61.7 Å². The van der Waals surface area contributed by atoms with Crippen LogP contribution < -0.4 is 10.1 Å². The van der Waals surface area contributed by atoms with Crippen molar-refractivity contribution in [1.29, 1.82) is 0 Å². The molecular weight excluding hydrogens is 414 g/mol. The summed E-state index contributed by atoms with van der Waals surface area (Å²) in [5, 5.41) is 3.63. The lowest BCUT2D eigenvalue weighted by molar-refractivity contribution is 0.381. The van der Waals surface area contributed by atoms with Gasteiger partial charge in [-0.25, -0.2) is 0 Å². The first-order valence-electron chi connectivity index (χ1n) is 11.8. The van der Waals surface area contributed by atoms with Gasteiger partial charge in [0.25, 0.3) is 0 Å². The largest absolute Gasteiger partial charge is 0.460 e. The van der Waals surface area contributed by atoms with Gasteiger partial charge in [0, 0.05) is 28.1 Å². The van der Waals surface area contributed by atoms with Gasteiger partial charge in [0.05, 0.1) is 5.41 Å². The standard InChI is InChI=1S/C32H27NO/c1-22-14-17-25(18-15-22)33-29-19-16-24(21-27(29)23-9-4-3-5-10-23)26-11-8-20-32(2)28-12-6-7-13-30(28)34-31(26)32/h3-19,21,33H,20H2,1-2H3. The van der Waals surface area contributed by atoms with Crippen LogP contribution in [-0.4, -0.2) is 0 Å². The molecule has 2 aliphatic rings. The van der Waals surface area contributed by atoms with Crippen LogP contribution in [0.4, 0.5) is 11.4 Å². The van der Waals surface area contributed by atoms with Crippen molar-refractivity contribution in [3.05, 3.63) is 132 Å². The summed E-state index contributed by atoms with van der Waals surface area (Å²) in [5.74, 6) is 2.02. The number of ether oxygens (including phenoxy) is 1. The highest BCUT2D eigenvalue weighted by molar-refractivity contribution is 5.88. The minimum Gasteiger partial charge on any atom is -0.460 e. The van der Waals surface area contributed by atoms with Gasteiger partial charge in [0.1, 0.15) is 11.5 Å². The van der Waals surface area contributed by atoms with Crippen LogP contribution in [0.5, 0.6) is 5.75 Å². The molecule has 0 bridgehead atoms. The number of hydrogen-bond acceptors (Lipinski definition) is 2. The normalized spacial score (nSPS) is 18.3. The number of rotatable bonds is 4. The smallest absolute Gasteiger partial charge is 0.131 e. The summed E-state index contributed by atoms with van der Waals surface area (Å²) in [4.78, 5) is 0. The molecule has 2 heteroatoms. The molecule has 166 valence electrons. The van der Waals surface area contributed by atoms with Crippen LogP contribution in [0.15, 0.2) is 115 Å². The Balaban J connectivity index is 1.47. The lowest BCUT2D eigenvalue weighted by Crippen LogP contribution is -2.24. The van der Waals surface area contributed by atoms with Gasteiger partial charge in [-0.15, -0.1) is 0 Å². The predicted molar refractivity (Wildman–Crippen MR) is 141 cm³/mol. The zero-order valence-electron chi connectivity index (χ0n) is 19.5. The minimum absolute atomic E-state index is 0.133. The molecule has 0 spiro atoms. The van der Waals surface area contributed by atoms with Crippen LogP contribution in [-0.2, 0) is 5.41 Å². The molecular formula is C32H27NO. The Morgan fingerprint density at radius 3 is 2.38 bits per heavy atom. The maximum atomic E-state index is 6.48. The van der Waals surface area contributed by atoms with E-state index in [0.717, 1.165) is 34.9 Å². The van der Waals surface area contributed by atoms with E-state index in [1.165, 1.54) is 27.8 Å². The molecule has 6 rings (SSSR count). The molecule has 0 radical (unpaired) electrons. The monoisotopic (exact) mass is 441 g/mol. The molecule has 1 aliphatic carbocycles. The lowest BCUT2D eigenvalue weighted by atomic mass is 9.74. The maximum Gasteiger partial charge on any atom is 0.131 e. The van der Waals surface area contributed by atoms with E-state index in [0.29, 0.717) is 0 Å². The molecule has 1 N–H and O–H groups in total. The van der Waals surface area contributed by atoms with Crippen LogP contribution in [0.3, 0.4) is 0 Å². The van der Waals surface area contributed by atoms with Crippen LogP contribution in [0, 0.1) is 6.92 Å². The summed E-state index contributed by atoms with van der Waals surface area (Å²) < 4.78 is 6.48. The second-order valence-electron chi connectivity index (χ2n) is 9.40. The van der Waals surface area contributed by atoms with Gasteiger partial charge in [0.15, 0.2) is 0 Å². The molecule has 4 aromatic carbocycles. The Kier molecular flexibility index (Phi) is 4.88. The summed E-state index contributed by atoms with van der Waals surface area (Å²) in [6, 6.07) is 34.2. The Morgan fingerprint density at radius 1 is 0.794 bits per heavy atom. The molecule has 0 saturated carbocycles. The quantitative estimate of drug-likeness (QED) is 0.343. The predicted octanol–water partition coefficient (Wildman–Crippen LogP) is 8.43. The average molecular weight is 442 g/mol. The molecule has 1 aliphatic heterocycles. The Morgan fingerprint density at radius 2 is 1.56 bits per heavy atom. The van der Waals surface area contributed by atoms with Gasteiger partial charge < -0.3 is 10.1 Å². The fraction of sp³-hybridized carbons (Fsp3) is 0.125. The van der Waals surface area contributed by atoms with E-state index >= 15 is 0 Å². The van der Waals surface area contributed by atoms with Crippen LogP contribution in [0.1, 0.15) is 30.0 Å². The topological polar surface area (TPSA) is 21.3 Å². The van der Waals surface area contributed by atoms with E-state index < -0.39 is 0 Å². The molecule has 0 saturated heterocycles. The highest BCUT2D eigenvalue weighted by Crippen LogP contribution is 2.52. The summed E-state index contributed by atoms with van der Waals surface area (Å²) >= 11 is 0. The summed E-state index contributed by atoms with van der Waals surface area (Å²) in [5.41, 5.74) is 9.23. The molecule has 2 nitrogen and oxygen atoms in total. The second-order valence-corrected chi connectivity index (χ2v) is 9.40. The van der Waals surface area contributed by atoms with Crippen molar-refractivity contribution in [2.45, 2.75) is 25.7 Å². The summed E-state index contributed by atoms with van der Waals surface area (Å²) in [6.45, 7) is 4.40. The van der Waals surface area contributed by atoms with E-state index in [2.05, 4.69) is 122 Å². The van der Waals surface area contributed by atoms with Crippen LogP contribution in [0.25, 0.3) is 16.7 Å². The first kappa shape index (κ1) is 20.6. The molecule has 0 fully saturated rings. The van der Waals surface area contributed by atoms with Crippen molar-refractivity contribution in [1.82, 2.24) is 0 Å². The van der Waals surface area contributed by atoms with Gasteiger partial charge >= 0.3 is 0 Å².